The Balaban J connectivity index is 2.41. The molecule has 0 atom stereocenters. The van der Waals surface area contributed by atoms with Crippen molar-refractivity contribution in [3.63, 3.8) is 0 Å². The molecule has 0 spiro atoms. The number of aromatic hydroxyl groups is 1. The van der Waals surface area contributed by atoms with E-state index in [0.29, 0.717) is 5.75 Å². The highest BCUT2D eigenvalue weighted by atomic mass is 16.3. The summed E-state index contributed by atoms with van der Waals surface area (Å²) in [6, 6.07) is 5.63. The average molecular weight is 206 g/mol. The second-order valence-corrected chi connectivity index (χ2v) is 4.61. The lowest BCUT2D eigenvalue weighted by Gasteiger charge is -2.39. The van der Waals surface area contributed by atoms with Crippen molar-refractivity contribution >= 4 is 5.69 Å². The molecular formula is C12H18N2O. The Labute approximate surface area is 90.5 Å². The van der Waals surface area contributed by atoms with Gasteiger partial charge in [-0.3, -0.25) is 0 Å². The van der Waals surface area contributed by atoms with Crippen LogP contribution in [0.4, 0.5) is 5.69 Å². The van der Waals surface area contributed by atoms with Gasteiger partial charge in [0, 0.05) is 30.9 Å². The number of hydrogen-bond donors (Lipinski definition) is 2. The Morgan fingerprint density at radius 2 is 2.00 bits per heavy atom. The third-order valence-electron chi connectivity index (χ3n) is 3.28. The van der Waals surface area contributed by atoms with Crippen molar-refractivity contribution in [2.24, 2.45) is 5.73 Å². The summed E-state index contributed by atoms with van der Waals surface area (Å²) in [6.07, 6.45) is 3.09. The van der Waals surface area contributed by atoms with Crippen molar-refractivity contribution in [1.29, 1.82) is 0 Å². The molecule has 0 aromatic heterocycles. The molecule has 1 aromatic carbocycles. The molecule has 2 rings (SSSR count). The van der Waals surface area contributed by atoms with E-state index in [4.69, 9.17) is 5.73 Å². The van der Waals surface area contributed by atoms with Gasteiger partial charge in [-0.25, -0.2) is 0 Å². The van der Waals surface area contributed by atoms with Crippen molar-refractivity contribution in [3.8, 4) is 5.75 Å². The molecule has 0 heterocycles. The maximum absolute atomic E-state index is 9.82. The summed E-state index contributed by atoms with van der Waals surface area (Å²) < 4.78 is 0. The molecule has 1 saturated carbocycles. The molecule has 0 amide bonds. The van der Waals surface area contributed by atoms with Gasteiger partial charge in [-0.1, -0.05) is 0 Å². The van der Waals surface area contributed by atoms with Gasteiger partial charge >= 0.3 is 0 Å². The second kappa shape index (κ2) is 3.42. The Hall–Kier alpha value is -1.22. The van der Waals surface area contributed by atoms with E-state index >= 15 is 0 Å². The molecule has 1 fully saturated rings. The summed E-state index contributed by atoms with van der Waals surface area (Å²) in [4.78, 5) is 2.02. The number of nitrogens with zero attached hydrogens (tertiary/aromatic N) is 1. The normalized spacial score (nSPS) is 18.3. The standard InChI is InChI=1S/C12H18N2O/c1-14(2)9-4-5-11(15)10(8-9)12(13)6-3-7-12/h4-5,8,15H,3,6-7,13H2,1-2H3. The molecule has 0 radical (unpaired) electrons. The Bertz CT molecular complexity index is 370. The predicted molar refractivity (Wildman–Crippen MR) is 62.2 cm³/mol. The monoisotopic (exact) mass is 206 g/mol. The number of phenols is 1. The van der Waals surface area contributed by atoms with Gasteiger partial charge in [0.2, 0.25) is 0 Å². The number of nitrogens with two attached hydrogens (primary N) is 1. The minimum Gasteiger partial charge on any atom is -0.508 e. The first-order chi connectivity index (χ1) is 7.03. The molecular weight excluding hydrogens is 188 g/mol. The topological polar surface area (TPSA) is 49.5 Å². The Kier molecular flexibility index (Phi) is 2.35. The zero-order chi connectivity index (χ0) is 11.1. The Morgan fingerprint density at radius 3 is 2.47 bits per heavy atom. The van der Waals surface area contributed by atoms with Crippen LogP contribution >= 0.6 is 0 Å². The van der Waals surface area contributed by atoms with E-state index in [1.54, 1.807) is 6.07 Å². The first-order valence-corrected chi connectivity index (χ1v) is 5.33. The van der Waals surface area contributed by atoms with Gasteiger partial charge in [0.05, 0.1) is 0 Å². The maximum atomic E-state index is 9.82. The van der Waals surface area contributed by atoms with Gasteiger partial charge in [-0.2, -0.15) is 0 Å². The third kappa shape index (κ3) is 1.67. The summed E-state index contributed by atoms with van der Waals surface area (Å²) >= 11 is 0. The van der Waals surface area contributed by atoms with Crippen LogP contribution in [0.3, 0.4) is 0 Å². The molecule has 1 aliphatic rings. The van der Waals surface area contributed by atoms with E-state index < -0.39 is 0 Å². The van der Waals surface area contributed by atoms with Crippen LogP contribution < -0.4 is 10.6 Å². The molecule has 0 unspecified atom stereocenters. The van der Waals surface area contributed by atoms with Crippen LogP contribution in [-0.4, -0.2) is 19.2 Å². The molecule has 0 bridgehead atoms. The smallest absolute Gasteiger partial charge is 0.120 e. The van der Waals surface area contributed by atoms with Crippen LogP contribution in [0.15, 0.2) is 18.2 Å². The van der Waals surface area contributed by atoms with Crippen LogP contribution in [-0.2, 0) is 5.54 Å². The van der Waals surface area contributed by atoms with E-state index in [-0.39, 0.29) is 5.54 Å². The summed E-state index contributed by atoms with van der Waals surface area (Å²) in [6.45, 7) is 0. The van der Waals surface area contributed by atoms with Gasteiger partial charge in [0.15, 0.2) is 0 Å². The molecule has 3 nitrogen and oxygen atoms in total. The number of rotatable bonds is 2. The van der Waals surface area contributed by atoms with Gasteiger partial charge in [-0.15, -0.1) is 0 Å². The fraction of sp³-hybridized carbons (Fsp3) is 0.500. The number of hydrogen-bond acceptors (Lipinski definition) is 3. The van der Waals surface area contributed by atoms with Crippen LogP contribution in [0.1, 0.15) is 24.8 Å². The van der Waals surface area contributed by atoms with Crippen molar-refractivity contribution in [1.82, 2.24) is 0 Å². The molecule has 3 N–H and O–H groups in total. The summed E-state index contributed by atoms with van der Waals surface area (Å²) in [5.74, 6) is 0.322. The van der Waals surface area contributed by atoms with E-state index in [0.717, 1.165) is 30.5 Å². The summed E-state index contributed by atoms with van der Waals surface area (Å²) in [7, 11) is 3.97. The average Bonchev–Trinajstić information content (AvgIpc) is 2.14. The second-order valence-electron chi connectivity index (χ2n) is 4.61. The van der Waals surface area contributed by atoms with Gasteiger partial charge in [0.25, 0.3) is 0 Å². The molecule has 1 aliphatic carbocycles. The minimum absolute atomic E-state index is 0.296. The fourth-order valence-corrected chi connectivity index (χ4v) is 2.03. The predicted octanol–water partition coefficient (Wildman–Crippen LogP) is 1.80. The van der Waals surface area contributed by atoms with E-state index in [1.165, 1.54) is 0 Å². The van der Waals surface area contributed by atoms with Gasteiger partial charge < -0.3 is 15.7 Å². The maximum Gasteiger partial charge on any atom is 0.120 e. The third-order valence-corrected chi connectivity index (χ3v) is 3.28. The van der Waals surface area contributed by atoms with Crippen LogP contribution in [0, 0.1) is 0 Å². The number of benzene rings is 1. The van der Waals surface area contributed by atoms with E-state index in [9.17, 15) is 5.11 Å². The fourth-order valence-electron chi connectivity index (χ4n) is 2.03. The quantitative estimate of drug-likeness (QED) is 0.775. The lowest BCUT2D eigenvalue weighted by Crippen LogP contribution is -2.43. The minimum atomic E-state index is -0.296. The largest absolute Gasteiger partial charge is 0.508 e. The van der Waals surface area contributed by atoms with Gasteiger partial charge in [0.1, 0.15) is 5.75 Å². The zero-order valence-electron chi connectivity index (χ0n) is 9.33. The SMILES string of the molecule is CN(C)c1ccc(O)c(C2(N)CCC2)c1. The lowest BCUT2D eigenvalue weighted by atomic mass is 9.72. The van der Waals surface area contributed by atoms with Crippen LogP contribution in [0.2, 0.25) is 0 Å². The summed E-state index contributed by atoms with van der Waals surface area (Å²) in [5, 5.41) is 9.82. The van der Waals surface area contributed by atoms with Crippen LogP contribution in [0.5, 0.6) is 5.75 Å². The number of phenolic OH excluding ortho intramolecular Hbond substituents is 1. The van der Waals surface area contributed by atoms with Crippen molar-refractivity contribution in [3.05, 3.63) is 23.8 Å². The molecule has 82 valence electrons. The number of anilines is 1. The molecule has 3 heteroatoms. The highest BCUT2D eigenvalue weighted by Crippen LogP contribution is 2.43. The van der Waals surface area contributed by atoms with Crippen molar-refractivity contribution in [2.75, 3.05) is 19.0 Å². The first kappa shape index (κ1) is 10.3. The zero-order valence-corrected chi connectivity index (χ0v) is 9.33. The highest BCUT2D eigenvalue weighted by molar-refractivity contribution is 5.54. The highest BCUT2D eigenvalue weighted by Gasteiger charge is 2.36. The van der Waals surface area contributed by atoms with Gasteiger partial charge in [-0.05, 0) is 37.5 Å². The molecule has 0 aliphatic heterocycles. The van der Waals surface area contributed by atoms with E-state index in [2.05, 4.69) is 0 Å². The lowest BCUT2D eigenvalue weighted by molar-refractivity contribution is 0.245. The molecule has 0 saturated heterocycles. The Morgan fingerprint density at radius 1 is 1.33 bits per heavy atom. The first-order valence-electron chi connectivity index (χ1n) is 5.33. The van der Waals surface area contributed by atoms with Crippen molar-refractivity contribution < 1.29 is 5.11 Å². The summed E-state index contributed by atoms with van der Waals surface area (Å²) in [5.41, 5.74) is 7.89. The van der Waals surface area contributed by atoms with E-state index in [1.807, 2.05) is 31.1 Å². The van der Waals surface area contributed by atoms with Crippen LogP contribution in [0.25, 0.3) is 0 Å². The molecule has 1 aromatic rings. The van der Waals surface area contributed by atoms with Crippen molar-refractivity contribution in [2.45, 2.75) is 24.8 Å². The molecule has 15 heavy (non-hydrogen) atoms.